The second-order valence-corrected chi connectivity index (χ2v) is 15.1. The van der Waals surface area contributed by atoms with E-state index in [1.807, 2.05) is 64.1 Å². The molecule has 43 heavy (non-hydrogen) atoms. The van der Waals surface area contributed by atoms with E-state index in [0.29, 0.717) is 12.1 Å². The first-order valence-corrected chi connectivity index (χ1v) is 16.8. The van der Waals surface area contributed by atoms with Crippen molar-refractivity contribution < 1.29 is 23.9 Å². The van der Waals surface area contributed by atoms with E-state index in [1.54, 1.807) is 22.3 Å². The average molecular weight is 637 g/mol. The third kappa shape index (κ3) is 13.4. The normalized spacial score (nSPS) is 22.8. The third-order valence-electron chi connectivity index (χ3n) is 6.75. The number of hydrogen-bond acceptors (Lipinski definition) is 9. The Kier molecular flexibility index (Phi) is 14.1. The Labute approximate surface area is 266 Å². The maximum atomic E-state index is 12.3. The van der Waals surface area contributed by atoms with Crippen LogP contribution in [0, 0.1) is 0 Å². The predicted octanol–water partition coefficient (Wildman–Crippen LogP) is 6.74. The molecular weight excluding hydrogens is 585 g/mol. The number of piperazine rings is 2. The Morgan fingerprint density at radius 1 is 0.884 bits per heavy atom. The Hall–Kier alpha value is -2.47. The zero-order valence-corrected chi connectivity index (χ0v) is 29.2. The van der Waals surface area contributed by atoms with E-state index >= 15 is 0 Å². The van der Waals surface area contributed by atoms with E-state index < -0.39 is 11.2 Å². The van der Waals surface area contributed by atoms with Crippen molar-refractivity contribution in [3.8, 4) is 0 Å². The molecule has 0 bridgehead atoms. The van der Waals surface area contributed by atoms with Gasteiger partial charge < -0.3 is 24.6 Å². The Balaban J connectivity index is 0.000000254. The largest absolute Gasteiger partial charge is 0.444 e. The van der Waals surface area contributed by atoms with Gasteiger partial charge in [0.1, 0.15) is 11.2 Å². The molecule has 4 atom stereocenters. The van der Waals surface area contributed by atoms with E-state index in [4.69, 9.17) is 9.47 Å². The molecule has 4 rings (SSSR count). The van der Waals surface area contributed by atoms with Gasteiger partial charge in [-0.05, 0) is 92.1 Å². The van der Waals surface area contributed by atoms with Crippen LogP contribution in [0.1, 0.15) is 84.5 Å². The standard InChI is InChI=1S/C16H26N2O2S.C11H22N2O2.C5H4OS/c1-12-10-18(15(19)20-16(3,4)5)13(2)9-17(12)11-14-7-6-8-21-14;1-8-7-13(9(2)6-12-8)10(14)15-11(3,4)5;6-3-5-1-2-7-4-5/h6-8,12-13H,9-11H2,1-5H3;8-9,12H,6-7H2,1-5H3;1-4H/t12-,13+;8-,9+;/m00./s1. The second kappa shape index (κ2) is 16.6. The Morgan fingerprint density at radius 2 is 1.49 bits per heavy atom. The van der Waals surface area contributed by atoms with Gasteiger partial charge in [-0.2, -0.15) is 11.3 Å². The molecule has 2 aromatic rings. The lowest BCUT2D eigenvalue weighted by atomic mass is 10.1. The molecule has 2 aliphatic heterocycles. The lowest BCUT2D eigenvalue weighted by Gasteiger charge is -2.44. The topological polar surface area (TPSA) is 91.4 Å². The molecule has 0 aliphatic carbocycles. The van der Waals surface area contributed by atoms with Gasteiger partial charge >= 0.3 is 12.2 Å². The summed E-state index contributed by atoms with van der Waals surface area (Å²) in [5.41, 5.74) is -0.0796. The number of thiophene rings is 2. The van der Waals surface area contributed by atoms with Crippen molar-refractivity contribution in [1.29, 1.82) is 0 Å². The molecule has 242 valence electrons. The number of hydrogen-bond donors (Lipinski definition) is 1. The number of ether oxygens (including phenoxy) is 2. The summed E-state index contributed by atoms with van der Waals surface area (Å²) in [6.45, 7) is 23.9. The van der Waals surface area contributed by atoms with Crippen LogP contribution in [0.2, 0.25) is 0 Å². The van der Waals surface area contributed by atoms with Crippen LogP contribution in [-0.2, 0) is 16.0 Å². The smallest absolute Gasteiger partial charge is 0.410 e. The number of aldehydes is 1. The second-order valence-electron chi connectivity index (χ2n) is 13.3. The molecule has 2 amide bonds. The minimum absolute atomic E-state index is 0.177. The monoisotopic (exact) mass is 636 g/mol. The highest BCUT2D eigenvalue weighted by Crippen LogP contribution is 2.22. The minimum atomic E-state index is -0.436. The van der Waals surface area contributed by atoms with E-state index in [1.165, 1.54) is 16.2 Å². The van der Waals surface area contributed by atoms with E-state index in [0.717, 1.165) is 44.6 Å². The van der Waals surface area contributed by atoms with Crippen LogP contribution >= 0.6 is 22.7 Å². The van der Waals surface area contributed by atoms with Crippen molar-refractivity contribution in [1.82, 2.24) is 20.0 Å². The molecule has 2 fully saturated rings. The van der Waals surface area contributed by atoms with Gasteiger partial charge in [0.15, 0.2) is 6.29 Å². The summed E-state index contributed by atoms with van der Waals surface area (Å²) < 4.78 is 10.9. The number of rotatable bonds is 3. The molecular formula is C32H52N4O5S2. The SMILES string of the molecule is C[C@@H]1CN(Cc2cccs2)[C@@H](C)CN1C(=O)OC(C)(C)C.C[C@@H]1CN[C@@H](C)CN1C(=O)OC(C)(C)C.O=Cc1ccsc1. The number of carbonyl (C=O) groups is 3. The van der Waals surface area contributed by atoms with Crippen molar-refractivity contribution in [3.05, 3.63) is 44.8 Å². The number of nitrogens with one attached hydrogen (secondary N) is 1. The van der Waals surface area contributed by atoms with Gasteiger partial charge in [0.2, 0.25) is 0 Å². The summed E-state index contributed by atoms with van der Waals surface area (Å²) in [5, 5.41) is 9.13. The molecule has 9 nitrogen and oxygen atoms in total. The van der Waals surface area contributed by atoms with Crippen LogP contribution in [-0.4, -0.2) is 94.7 Å². The fourth-order valence-corrected chi connectivity index (χ4v) is 5.87. The highest BCUT2D eigenvalue weighted by molar-refractivity contribution is 7.09. The zero-order valence-electron chi connectivity index (χ0n) is 27.6. The average Bonchev–Trinajstić information content (AvgIpc) is 3.60. The number of nitrogens with zero attached hydrogens (tertiary/aromatic N) is 3. The molecule has 0 unspecified atom stereocenters. The maximum Gasteiger partial charge on any atom is 0.410 e. The van der Waals surface area contributed by atoms with Gasteiger partial charge in [-0.3, -0.25) is 9.69 Å². The minimum Gasteiger partial charge on any atom is -0.444 e. The molecule has 0 aromatic carbocycles. The Bertz CT molecular complexity index is 1110. The first kappa shape index (κ1) is 36.7. The molecule has 4 heterocycles. The first-order chi connectivity index (χ1) is 20.0. The number of amides is 2. The number of carbonyl (C=O) groups excluding carboxylic acids is 3. The molecule has 0 spiro atoms. The molecule has 2 aromatic heterocycles. The van der Waals surface area contributed by atoms with Crippen LogP contribution in [0.25, 0.3) is 0 Å². The van der Waals surface area contributed by atoms with Crippen LogP contribution in [0.4, 0.5) is 9.59 Å². The summed E-state index contributed by atoms with van der Waals surface area (Å²) in [4.78, 5) is 41.5. The van der Waals surface area contributed by atoms with Gasteiger partial charge in [-0.15, -0.1) is 11.3 Å². The van der Waals surface area contributed by atoms with Crippen LogP contribution in [0.5, 0.6) is 0 Å². The molecule has 1 N–H and O–H groups in total. The third-order valence-corrected chi connectivity index (χ3v) is 8.32. The fourth-order valence-electron chi connectivity index (χ4n) is 4.53. The summed E-state index contributed by atoms with van der Waals surface area (Å²) in [6.07, 6.45) is 0.442. The molecule has 11 heteroatoms. The lowest BCUT2D eigenvalue weighted by Crippen LogP contribution is -2.58. The summed E-state index contributed by atoms with van der Waals surface area (Å²) in [7, 11) is 0. The fraction of sp³-hybridized carbons (Fsp3) is 0.656. The molecule has 0 radical (unpaired) electrons. The lowest BCUT2D eigenvalue weighted by molar-refractivity contribution is -0.0115. The van der Waals surface area contributed by atoms with E-state index in [-0.39, 0.29) is 24.3 Å². The van der Waals surface area contributed by atoms with Gasteiger partial charge in [0.05, 0.1) is 0 Å². The van der Waals surface area contributed by atoms with Gasteiger partial charge in [-0.1, -0.05) is 6.07 Å². The van der Waals surface area contributed by atoms with Crippen molar-refractivity contribution in [2.45, 2.75) is 111 Å². The zero-order chi connectivity index (χ0) is 32.4. The van der Waals surface area contributed by atoms with Gasteiger partial charge in [0, 0.05) is 72.7 Å². The van der Waals surface area contributed by atoms with Crippen LogP contribution in [0.15, 0.2) is 34.3 Å². The van der Waals surface area contributed by atoms with Gasteiger partial charge in [-0.25, -0.2) is 9.59 Å². The van der Waals surface area contributed by atoms with Gasteiger partial charge in [0.25, 0.3) is 0 Å². The van der Waals surface area contributed by atoms with E-state index in [9.17, 15) is 14.4 Å². The van der Waals surface area contributed by atoms with E-state index in [2.05, 4.69) is 48.5 Å². The summed E-state index contributed by atoms with van der Waals surface area (Å²) in [5.74, 6) is 0. The van der Waals surface area contributed by atoms with Crippen molar-refractivity contribution in [2.24, 2.45) is 0 Å². The highest BCUT2D eigenvalue weighted by atomic mass is 32.1. The first-order valence-electron chi connectivity index (χ1n) is 15.0. The maximum absolute atomic E-state index is 12.3. The van der Waals surface area contributed by atoms with Crippen molar-refractivity contribution >= 4 is 41.1 Å². The van der Waals surface area contributed by atoms with Crippen molar-refractivity contribution in [3.63, 3.8) is 0 Å². The molecule has 2 saturated heterocycles. The van der Waals surface area contributed by atoms with Crippen molar-refractivity contribution in [2.75, 3.05) is 26.2 Å². The molecule has 2 aliphatic rings. The quantitative estimate of drug-likeness (QED) is 0.373. The summed E-state index contributed by atoms with van der Waals surface area (Å²) in [6, 6.07) is 7.11. The predicted molar refractivity (Wildman–Crippen MR) is 176 cm³/mol. The van der Waals surface area contributed by atoms with Crippen LogP contribution in [0.3, 0.4) is 0 Å². The summed E-state index contributed by atoms with van der Waals surface area (Å²) >= 11 is 3.32. The highest BCUT2D eigenvalue weighted by Gasteiger charge is 2.34. The Morgan fingerprint density at radius 3 is 1.95 bits per heavy atom. The van der Waals surface area contributed by atoms with Crippen LogP contribution < -0.4 is 5.32 Å². The molecule has 0 saturated carbocycles.